The molecule has 24 heavy (non-hydrogen) atoms. The molecule has 2 aromatic heterocycles. The van der Waals surface area contributed by atoms with Gasteiger partial charge in [0.15, 0.2) is 5.69 Å². The normalized spacial score (nSPS) is 20.2. The fourth-order valence-electron chi connectivity index (χ4n) is 2.11. The third-order valence-corrected chi connectivity index (χ3v) is 3.65. The SMILES string of the molecule is Cc1c(C(=O)N/N=C/C2=CC(C)C(C)O2)nnn1-c1nonc1N. The molecule has 0 aliphatic carbocycles. The molecule has 0 spiro atoms. The van der Waals surface area contributed by atoms with Crippen LogP contribution in [0.1, 0.15) is 30.0 Å². The van der Waals surface area contributed by atoms with Gasteiger partial charge in [0.1, 0.15) is 11.9 Å². The lowest BCUT2D eigenvalue weighted by molar-refractivity contribution is 0.0949. The largest absolute Gasteiger partial charge is 0.489 e. The van der Waals surface area contributed by atoms with Crippen LogP contribution >= 0.6 is 0 Å². The van der Waals surface area contributed by atoms with Crippen LogP contribution in [-0.4, -0.2) is 43.5 Å². The summed E-state index contributed by atoms with van der Waals surface area (Å²) in [5.74, 6) is 0.587. The number of nitrogens with two attached hydrogens (primary N) is 1. The van der Waals surface area contributed by atoms with Crippen LogP contribution in [0.2, 0.25) is 0 Å². The van der Waals surface area contributed by atoms with E-state index >= 15 is 0 Å². The summed E-state index contributed by atoms with van der Waals surface area (Å²) in [4.78, 5) is 12.1. The summed E-state index contributed by atoms with van der Waals surface area (Å²) in [5.41, 5.74) is 8.47. The zero-order valence-electron chi connectivity index (χ0n) is 13.3. The predicted octanol–water partition coefficient (Wildman–Crippen LogP) is 0.195. The van der Waals surface area contributed by atoms with E-state index < -0.39 is 5.91 Å². The number of aromatic nitrogens is 5. The summed E-state index contributed by atoms with van der Waals surface area (Å²) in [7, 11) is 0. The van der Waals surface area contributed by atoms with Gasteiger partial charge in [-0.25, -0.2) is 10.1 Å². The Kier molecular flexibility index (Phi) is 3.98. The Labute approximate surface area is 136 Å². The van der Waals surface area contributed by atoms with Crippen molar-refractivity contribution >= 4 is 17.9 Å². The molecule has 126 valence electrons. The Morgan fingerprint density at radius 2 is 2.25 bits per heavy atom. The molecule has 2 unspecified atom stereocenters. The number of ether oxygens (including phenoxy) is 1. The Balaban J connectivity index is 1.69. The molecule has 11 nitrogen and oxygen atoms in total. The maximum Gasteiger partial charge on any atom is 0.293 e. The van der Waals surface area contributed by atoms with Gasteiger partial charge in [-0.2, -0.15) is 9.78 Å². The van der Waals surface area contributed by atoms with E-state index in [4.69, 9.17) is 10.5 Å². The maximum absolute atomic E-state index is 12.1. The minimum Gasteiger partial charge on any atom is -0.489 e. The molecule has 0 radical (unpaired) electrons. The molecule has 0 saturated carbocycles. The minimum absolute atomic E-state index is 0.0431. The smallest absolute Gasteiger partial charge is 0.293 e. The van der Waals surface area contributed by atoms with Crippen molar-refractivity contribution in [1.29, 1.82) is 0 Å². The van der Waals surface area contributed by atoms with Crippen molar-refractivity contribution in [2.45, 2.75) is 26.9 Å². The topological polar surface area (TPSA) is 146 Å². The lowest BCUT2D eigenvalue weighted by atomic mass is 10.1. The van der Waals surface area contributed by atoms with Gasteiger partial charge in [-0.05, 0) is 30.2 Å². The average Bonchev–Trinajstić information content (AvgIpc) is 3.20. The molecule has 2 atom stereocenters. The molecule has 0 fully saturated rings. The predicted molar refractivity (Wildman–Crippen MR) is 82.1 cm³/mol. The highest BCUT2D eigenvalue weighted by Crippen LogP contribution is 2.21. The van der Waals surface area contributed by atoms with Crippen molar-refractivity contribution in [3.63, 3.8) is 0 Å². The number of carbonyl (C=O) groups is 1. The summed E-state index contributed by atoms with van der Waals surface area (Å²) in [6.45, 7) is 5.64. The van der Waals surface area contributed by atoms with Crippen LogP contribution in [0.4, 0.5) is 5.82 Å². The number of rotatable bonds is 4. The van der Waals surface area contributed by atoms with Gasteiger partial charge in [-0.1, -0.05) is 12.1 Å². The van der Waals surface area contributed by atoms with Gasteiger partial charge in [0, 0.05) is 5.92 Å². The molecule has 3 rings (SSSR count). The Morgan fingerprint density at radius 1 is 1.46 bits per heavy atom. The van der Waals surface area contributed by atoms with Gasteiger partial charge in [0.25, 0.3) is 5.91 Å². The third kappa shape index (κ3) is 2.83. The fourth-order valence-corrected chi connectivity index (χ4v) is 2.11. The quantitative estimate of drug-likeness (QED) is 0.596. The summed E-state index contributed by atoms with van der Waals surface area (Å²) >= 11 is 0. The number of hydrogen-bond acceptors (Lipinski definition) is 9. The zero-order valence-corrected chi connectivity index (χ0v) is 13.3. The molecule has 0 bridgehead atoms. The van der Waals surface area contributed by atoms with Crippen LogP contribution in [0.3, 0.4) is 0 Å². The summed E-state index contributed by atoms with van der Waals surface area (Å²) < 4.78 is 11.3. The van der Waals surface area contributed by atoms with E-state index in [1.165, 1.54) is 10.9 Å². The van der Waals surface area contributed by atoms with E-state index in [0.717, 1.165) is 0 Å². The molecular weight excluding hydrogens is 316 g/mol. The standard InChI is InChI=1S/C13H16N8O3/c1-6-4-9(23-8(6)3)5-15-17-13(22)10-7(2)21(20-16-10)12-11(14)18-24-19-12/h4-6,8H,1-3H3,(H2,14,18)(H,17,22)/b15-5+. The highest BCUT2D eigenvalue weighted by atomic mass is 16.6. The third-order valence-electron chi connectivity index (χ3n) is 3.65. The summed E-state index contributed by atoms with van der Waals surface area (Å²) in [6.07, 6.45) is 3.46. The van der Waals surface area contributed by atoms with Crippen molar-refractivity contribution in [2.75, 3.05) is 5.73 Å². The number of nitrogens with zero attached hydrogens (tertiary/aromatic N) is 6. The second kappa shape index (κ2) is 6.10. The van der Waals surface area contributed by atoms with E-state index in [9.17, 15) is 4.79 Å². The van der Waals surface area contributed by atoms with E-state index in [2.05, 4.69) is 35.8 Å². The number of anilines is 1. The van der Waals surface area contributed by atoms with Crippen molar-refractivity contribution in [3.8, 4) is 5.82 Å². The fraction of sp³-hybridized carbons (Fsp3) is 0.385. The molecule has 2 aromatic rings. The number of carbonyl (C=O) groups excluding carboxylic acids is 1. The monoisotopic (exact) mass is 332 g/mol. The molecule has 0 saturated heterocycles. The van der Waals surface area contributed by atoms with E-state index in [0.29, 0.717) is 17.4 Å². The Morgan fingerprint density at radius 3 is 2.88 bits per heavy atom. The van der Waals surface area contributed by atoms with Gasteiger partial charge < -0.3 is 10.5 Å². The summed E-state index contributed by atoms with van der Waals surface area (Å²) in [5, 5.41) is 18.6. The van der Waals surface area contributed by atoms with Crippen LogP contribution < -0.4 is 11.2 Å². The maximum atomic E-state index is 12.1. The van der Waals surface area contributed by atoms with Crippen molar-refractivity contribution in [1.82, 2.24) is 30.7 Å². The first-order valence-corrected chi connectivity index (χ1v) is 7.20. The minimum atomic E-state index is -0.523. The van der Waals surface area contributed by atoms with Gasteiger partial charge in [-0.15, -0.1) is 5.10 Å². The molecule has 1 amide bonds. The Bertz CT molecular complexity index is 821. The van der Waals surface area contributed by atoms with E-state index in [1.807, 2.05) is 19.9 Å². The second-order valence-electron chi connectivity index (χ2n) is 5.36. The van der Waals surface area contributed by atoms with Crippen LogP contribution in [0.5, 0.6) is 0 Å². The molecule has 3 heterocycles. The van der Waals surface area contributed by atoms with E-state index in [-0.39, 0.29) is 23.4 Å². The average molecular weight is 332 g/mol. The highest BCUT2D eigenvalue weighted by Gasteiger charge is 2.22. The van der Waals surface area contributed by atoms with Crippen molar-refractivity contribution < 1.29 is 14.2 Å². The number of hydrazone groups is 1. The molecule has 1 aliphatic heterocycles. The second-order valence-corrected chi connectivity index (χ2v) is 5.36. The molecule has 3 N–H and O–H groups in total. The van der Waals surface area contributed by atoms with Gasteiger partial charge in [0.2, 0.25) is 11.6 Å². The van der Waals surface area contributed by atoms with Crippen molar-refractivity contribution in [3.05, 3.63) is 23.2 Å². The van der Waals surface area contributed by atoms with Crippen molar-refractivity contribution in [2.24, 2.45) is 11.0 Å². The lowest BCUT2D eigenvalue weighted by Crippen LogP contribution is -2.19. The van der Waals surface area contributed by atoms with Crippen LogP contribution in [0.25, 0.3) is 5.82 Å². The first-order chi connectivity index (χ1) is 11.5. The molecule has 0 aromatic carbocycles. The highest BCUT2D eigenvalue weighted by molar-refractivity contribution is 5.93. The van der Waals surface area contributed by atoms with E-state index in [1.54, 1.807) is 6.92 Å². The number of hydrogen-bond donors (Lipinski definition) is 2. The zero-order chi connectivity index (χ0) is 17.3. The number of allylic oxidation sites excluding steroid dienone is 1. The summed E-state index contributed by atoms with van der Waals surface area (Å²) in [6, 6.07) is 0. The number of nitrogen functional groups attached to an aromatic ring is 1. The van der Waals surface area contributed by atoms with Crippen LogP contribution in [0, 0.1) is 12.8 Å². The molecular formula is C13H16N8O3. The first-order valence-electron chi connectivity index (χ1n) is 7.20. The van der Waals surface area contributed by atoms with Gasteiger partial charge in [-0.3, -0.25) is 4.79 Å². The molecule has 11 heteroatoms. The Hall–Kier alpha value is -3.24. The lowest BCUT2D eigenvalue weighted by Gasteiger charge is -2.08. The van der Waals surface area contributed by atoms with Crippen LogP contribution in [0.15, 0.2) is 21.6 Å². The number of amides is 1. The van der Waals surface area contributed by atoms with Crippen LogP contribution in [-0.2, 0) is 4.74 Å². The van der Waals surface area contributed by atoms with Gasteiger partial charge >= 0.3 is 0 Å². The van der Waals surface area contributed by atoms with Gasteiger partial charge in [0.05, 0.1) is 11.9 Å². The first kappa shape index (κ1) is 15.6. The molecule has 1 aliphatic rings. The number of nitrogens with one attached hydrogen (secondary N) is 1.